The number of fused-ring (bicyclic) bond motifs is 1. The molecule has 0 fully saturated rings. The molecule has 6 nitrogen and oxygen atoms in total. The molecule has 1 aliphatic carbocycles. The lowest BCUT2D eigenvalue weighted by Crippen LogP contribution is -2.12. The van der Waals surface area contributed by atoms with Gasteiger partial charge in [0.1, 0.15) is 22.5 Å². The van der Waals surface area contributed by atoms with Gasteiger partial charge in [0, 0.05) is 10.4 Å². The van der Waals surface area contributed by atoms with Gasteiger partial charge in [-0.05, 0) is 49.4 Å². The lowest BCUT2D eigenvalue weighted by atomic mass is 9.96. The van der Waals surface area contributed by atoms with Crippen molar-refractivity contribution in [1.29, 1.82) is 5.26 Å². The highest BCUT2D eigenvalue weighted by molar-refractivity contribution is 7.16. The Morgan fingerprint density at radius 2 is 2.19 bits per heavy atom. The van der Waals surface area contributed by atoms with Crippen LogP contribution in [0.3, 0.4) is 0 Å². The molecule has 0 bridgehead atoms. The highest BCUT2D eigenvalue weighted by atomic mass is 32.1. The van der Waals surface area contributed by atoms with Crippen molar-refractivity contribution in [2.75, 3.05) is 12.4 Å². The van der Waals surface area contributed by atoms with Crippen LogP contribution in [0.4, 0.5) is 5.00 Å². The first-order chi connectivity index (χ1) is 13.2. The predicted octanol–water partition coefficient (Wildman–Crippen LogP) is 4.15. The van der Waals surface area contributed by atoms with Crippen LogP contribution in [0.5, 0.6) is 5.75 Å². The number of methoxy groups -OCH3 is 1. The van der Waals surface area contributed by atoms with Crippen molar-refractivity contribution in [3.05, 3.63) is 52.0 Å². The fraction of sp³-hybridized carbons (Fsp3) is 0.250. The van der Waals surface area contributed by atoms with Gasteiger partial charge in [-0.3, -0.25) is 9.89 Å². The Morgan fingerprint density at radius 1 is 1.33 bits per heavy atom. The molecule has 3 aromatic rings. The minimum atomic E-state index is -0.299. The Hall–Kier alpha value is -3.11. The van der Waals surface area contributed by atoms with E-state index in [-0.39, 0.29) is 5.91 Å². The summed E-state index contributed by atoms with van der Waals surface area (Å²) in [7, 11) is 1.61. The monoisotopic (exact) mass is 378 g/mol. The van der Waals surface area contributed by atoms with Crippen LogP contribution in [-0.4, -0.2) is 23.2 Å². The largest absolute Gasteiger partial charge is 0.497 e. The van der Waals surface area contributed by atoms with Gasteiger partial charge in [-0.2, -0.15) is 10.4 Å². The van der Waals surface area contributed by atoms with E-state index in [1.54, 1.807) is 13.2 Å². The molecule has 2 heterocycles. The SMILES string of the molecule is COc1cccc(-c2cc(C(=O)Nc3sc4c(c3C#N)CCCC4)[nH]n2)c1. The first-order valence-corrected chi connectivity index (χ1v) is 9.57. The molecule has 0 unspecified atom stereocenters. The van der Waals surface area contributed by atoms with Crippen molar-refractivity contribution >= 4 is 22.2 Å². The van der Waals surface area contributed by atoms with Gasteiger partial charge >= 0.3 is 0 Å². The zero-order chi connectivity index (χ0) is 18.8. The topological polar surface area (TPSA) is 90.8 Å². The quantitative estimate of drug-likeness (QED) is 0.713. The van der Waals surface area contributed by atoms with Gasteiger partial charge in [0.05, 0.1) is 18.4 Å². The summed E-state index contributed by atoms with van der Waals surface area (Å²) in [6.45, 7) is 0. The Kier molecular flexibility index (Phi) is 4.65. The zero-order valence-corrected chi connectivity index (χ0v) is 15.7. The molecule has 2 aromatic heterocycles. The standard InChI is InChI=1S/C20H18N4O2S/c1-26-13-6-4-5-12(9-13)16-10-17(24-23-16)19(25)22-20-15(11-21)14-7-2-3-8-18(14)27-20/h4-6,9-10H,2-3,7-8H2,1H3,(H,22,25)(H,23,24). The predicted molar refractivity (Wildman–Crippen MR) is 104 cm³/mol. The summed E-state index contributed by atoms with van der Waals surface area (Å²) in [4.78, 5) is 13.9. The molecule has 0 aliphatic heterocycles. The molecule has 0 radical (unpaired) electrons. The third-order valence-electron chi connectivity index (χ3n) is 4.70. The number of nitrogens with zero attached hydrogens (tertiary/aromatic N) is 2. The average molecular weight is 378 g/mol. The molecule has 0 atom stereocenters. The number of aryl methyl sites for hydroxylation is 1. The molecule has 136 valence electrons. The van der Waals surface area contributed by atoms with Crippen molar-refractivity contribution in [2.24, 2.45) is 0 Å². The minimum Gasteiger partial charge on any atom is -0.497 e. The van der Waals surface area contributed by atoms with E-state index in [0.29, 0.717) is 22.0 Å². The maximum absolute atomic E-state index is 12.7. The van der Waals surface area contributed by atoms with E-state index in [1.807, 2.05) is 24.3 Å². The van der Waals surface area contributed by atoms with Gasteiger partial charge in [-0.25, -0.2) is 0 Å². The average Bonchev–Trinajstić information content (AvgIpc) is 3.32. The van der Waals surface area contributed by atoms with Crippen LogP contribution in [0.2, 0.25) is 0 Å². The number of nitriles is 1. The van der Waals surface area contributed by atoms with Crippen LogP contribution in [-0.2, 0) is 12.8 Å². The van der Waals surface area contributed by atoms with Crippen LogP contribution in [0.1, 0.15) is 39.3 Å². The molecule has 1 aromatic carbocycles. The third-order valence-corrected chi connectivity index (χ3v) is 5.91. The van der Waals surface area contributed by atoms with Crippen LogP contribution in [0.25, 0.3) is 11.3 Å². The number of hydrogen-bond acceptors (Lipinski definition) is 5. The maximum Gasteiger partial charge on any atom is 0.274 e. The number of amides is 1. The molecule has 0 saturated heterocycles. The van der Waals surface area contributed by atoms with Crippen molar-refractivity contribution in [3.63, 3.8) is 0 Å². The number of hydrogen-bond donors (Lipinski definition) is 2. The van der Waals surface area contributed by atoms with Crippen LogP contribution >= 0.6 is 11.3 Å². The lowest BCUT2D eigenvalue weighted by molar-refractivity contribution is 0.102. The van der Waals surface area contributed by atoms with E-state index >= 15 is 0 Å². The van der Waals surface area contributed by atoms with Crippen molar-refractivity contribution in [2.45, 2.75) is 25.7 Å². The van der Waals surface area contributed by atoms with E-state index in [4.69, 9.17) is 4.74 Å². The number of benzene rings is 1. The number of carbonyl (C=O) groups is 1. The van der Waals surface area contributed by atoms with Gasteiger partial charge in [-0.15, -0.1) is 11.3 Å². The first kappa shape index (κ1) is 17.3. The Morgan fingerprint density at radius 3 is 3.00 bits per heavy atom. The molecule has 0 spiro atoms. The second-order valence-electron chi connectivity index (χ2n) is 6.38. The molecule has 4 rings (SSSR count). The second kappa shape index (κ2) is 7.25. The Bertz CT molecular complexity index is 1040. The molecule has 2 N–H and O–H groups in total. The van der Waals surface area contributed by atoms with E-state index < -0.39 is 0 Å². The van der Waals surface area contributed by atoms with Crippen LogP contribution < -0.4 is 10.1 Å². The molecule has 0 saturated carbocycles. The Balaban J connectivity index is 1.57. The highest BCUT2D eigenvalue weighted by Gasteiger charge is 2.22. The van der Waals surface area contributed by atoms with Crippen LogP contribution in [0.15, 0.2) is 30.3 Å². The molecule has 1 amide bonds. The number of carbonyl (C=O) groups excluding carboxylic acids is 1. The summed E-state index contributed by atoms with van der Waals surface area (Å²) in [5.74, 6) is 0.427. The number of rotatable bonds is 4. The summed E-state index contributed by atoms with van der Waals surface area (Å²) in [5.41, 5.74) is 3.57. The van der Waals surface area contributed by atoms with Crippen LogP contribution in [0, 0.1) is 11.3 Å². The van der Waals surface area contributed by atoms with Gasteiger partial charge < -0.3 is 10.1 Å². The van der Waals surface area contributed by atoms with Crippen molar-refractivity contribution in [1.82, 2.24) is 10.2 Å². The summed E-state index contributed by atoms with van der Waals surface area (Å²) >= 11 is 1.51. The molecule has 7 heteroatoms. The smallest absolute Gasteiger partial charge is 0.274 e. The zero-order valence-electron chi connectivity index (χ0n) is 14.8. The van der Waals surface area contributed by atoms with E-state index in [2.05, 4.69) is 21.6 Å². The third kappa shape index (κ3) is 3.32. The number of aromatic amines is 1. The maximum atomic E-state index is 12.7. The molecule has 1 aliphatic rings. The minimum absolute atomic E-state index is 0.299. The van der Waals surface area contributed by atoms with Gasteiger partial charge in [-0.1, -0.05) is 12.1 Å². The number of anilines is 1. The highest BCUT2D eigenvalue weighted by Crippen LogP contribution is 2.37. The van der Waals surface area contributed by atoms with Gasteiger partial charge in [0.2, 0.25) is 0 Å². The number of aromatic nitrogens is 2. The number of thiophene rings is 1. The van der Waals surface area contributed by atoms with E-state index in [0.717, 1.165) is 42.6 Å². The summed E-state index contributed by atoms with van der Waals surface area (Å²) in [5, 5.41) is 20.0. The molecular formula is C20H18N4O2S. The lowest BCUT2D eigenvalue weighted by Gasteiger charge is -2.09. The second-order valence-corrected chi connectivity index (χ2v) is 7.48. The normalized spacial score (nSPS) is 12.9. The fourth-order valence-corrected chi connectivity index (χ4v) is 4.55. The number of H-pyrrole nitrogens is 1. The molecular weight excluding hydrogens is 360 g/mol. The Labute approximate surface area is 160 Å². The van der Waals surface area contributed by atoms with Crippen molar-refractivity contribution < 1.29 is 9.53 Å². The summed E-state index contributed by atoms with van der Waals surface area (Å²) in [6, 6.07) is 11.4. The fourth-order valence-electron chi connectivity index (χ4n) is 3.31. The van der Waals surface area contributed by atoms with Gasteiger partial charge in [0.15, 0.2) is 0 Å². The number of nitrogens with one attached hydrogen (secondary N) is 2. The first-order valence-electron chi connectivity index (χ1n) is 8.75. The number of ether oxygens (including phenoxy) is 1. The summed E-state index contributed by atoms with van der Waals surface area (Å²) in [6.07, 6.45) is 4.12. The van der Waals surface area contributed by atoms with E-state index in [1.165, 1.54) is 16.2 Å². The van der Waals surface area contributed by atoms with E-state index in [9.17, 15) is 10.1 Å². The van der Waals surface area contributed by atoms with Crippen molar-refractivity contribution in [3.8, 4) is 23.1 Å². The molecule has 27 heavy (non-hydrogen) atoms. The van der Waals surface area contributed by atoms with Gasteiger partial charge in [0.25, 0.3) is 5.91 Å². The summed E-state index contributed by atoms with van der Waals surface area (Å²) < 4.78 is 5.23.